The fraction of sp³-hybridized carbons (Fsp3) is 0.467. The van der Waals surface area contributed by atoms with Crippen molar-refractivity contribution in [2.75, 3.05) is 5.75 Å². The quantitative estimate of drug-likeness (QED) is 0.797. The van der Waals surface area contributed by atoms with Gasteiger partial charge in [-0.25, -0.2) is 4.98 Å². The lowest BCUT2D eigenvalue weighted by atomic mass is 10.2. The summed E-state index contributed by atoms with van der Waals surface area (Å²) < 4.78 is 1.95. The Labute approximate surface area is 124 Å². The number of rotatable bonds is 7. The number of benzene rings is 1. The third-order valence-electron chi connectivity index (χ3n) is 3.06. The van der Waals surface area contributed by atoms with Crippen LogP contribution in [0.3, 0.4) is 0 Å². The molecule has 20 heavy (non-hydrogen) atoms. The molecule has 1 aromatic heterocycles. The molecule has 0 saturated heterocycles. The number of thioether (sulfide) groups is 1. The number of nitrogens with two attached hydrogens (primary N) is 1. The van der Waals surface area contributed by atoms with Crippen molar-refractivity contribution >= 4 is 11.8 Å². The standard InChI is InChI=1S/C15H22N4S/c1-3-8-19-15(17-11-18-19)9-13(16)10-20-14-6-4-12(2)5-7-14/h4-7,11,13H,3,8-10,16H2,1-2H3. The molecule has 0 fully saturated rings. The summed E-state index contributed by atoms with van der Waals surface area (Å²) in [5.41, 5.74) is 7.49. The topological polar surface area (TPSA) is 56.7 Å². The largest absolute Gasteiger partial charge is 0.327 e. The van der Waals surface area contributed by atoms with Gasteiger partial charge in [0.25, 0.3) is 0 Å². The van der Waals surface area contributed by atoms with Crippen LogP contribution in [0.2, 0.25) is 0 Å². The van der Waals surface area contributed by atoms with E-state index in [1.54, 1.807) is 18.1 Å². The third kappa shape index (κ3) is 4.35. The van der Waals surface area contributed by atoms with Crippen LogP contribution in [0.5, 0.6) is 0 Å². The van der Waals surface area contributed by atoms with E-state index >= 15 is 0 Å². The molecule has 1 atom stereocenters. The Balaban J connectivity index is 1.84. The van der Waals surface area contributed by atoms with Crippen molar-refractivity contribution in [3.8, 4) is 0 Å². The van der Waals surface area contributed by atoms with Crippen LogP contribution in [0.1, 0.15) is 24.7 Å². The average Bonchev–Trinajstić information content (AvgIpc) is 2.86. The summed E-state index contributed by atoms with van der Waals surface area (Å²) in [7, 11) is 0. The van der Waals surface area contributed by atoms with Gasteiger partial charge in [-0.15, -0.1) is 11.8 Å². The van der Waals surface area contributed by atoms with E-state index in [1.807, 2.05) is 4.68 Å². The van der Waals surface area contributed by atoms with Gasteiger partial charge in [0.1, 0.15) is 12.2 Å². The fourth-order valence-corrected chi connectivity index (χ4v) is 2.83. The second kappa shape index (κ2) is 7.45. The predicted octanol–water partition coefficient (Wildman–Crippen LogP) is 2.66. The highest BCUT2D eigenvalue weighted by Gasteiger charge is 2.10. The first-order chi connectivity index (χ1) is 9.69. The van der Waals surface area contributed by atoms with Crippen LogP contribution in [-0.2, 0) is 13.0 Å². The monoisotopic (exact) mass is 290 g/mol. The van der Waals surface area contributed by atoms with Crippen molar-refractivity contribution in [1.29, 1.82) is 0 Å². The van der Waals surface area contributed by atoms with Gasteiger partial charge in [-0.1, -0.05) is 24.6 Å². The lowest BCUT2D eigenvalue weighted by Gasteiger charge is -2.11. The maximum absolute atomic E-state index is 6.21. The molecule has 2 N–H and O–H groups in total. The summed E-state index contributed by atoms with van der Waals surface area (Å²) in [5, 5.41) is 4.23. The van der Waals surface area contributed by atoms with E-state index in [2.05, 4.69) is 48.2 Å². The van der Waals surface area contributed by atoms with E-state index in [4.69, 9.17) is 5.73 Å². The molecular weight excluding hydrogens is 268 g/mol. The average molecular weight is 290 g/mol. The molecule has 0 radical (unpaired) electrons. The molecule has 5 heteroatoms. The van der Waals surface area contributed by atoms with Gasteiger partial charge in [-0.2, -0.15) is 5.10 Å². The highest BCUT2D eigenvalue weighted by atomic mass is 32.2. The summed E-state index contributed by atoms with van der Waals surface area (Å²) in [6.45, 7) is 5.15. The zero-order valence-corrected chi connectivity index (χ0v) is 12.9. The molecule has 0 aliphatic carbocycles. The Morgan fingerprint density at radius 1 is 1.30 bits per heavy atom. The molecule has 4 nitrogen and oxygen atoms in total. The number of hydrogen-bond donors (Lipinski definition) is 1. The van der Waals surface area contributed by atoms with Gasteiger partial charge in [0, 0.05) is 29.7 Å². The first-order valence-electron chi connectivity index (χ1n) is 7.00. The maximum atomic E-state index is 6.21. The van der Waals surface area contributed by atoms with E-state index < -0.39 is 0 Å². The SMILES string of the molecule is CCCn1ncnc1CC(N)CSc1ccc(C)cc1. The molecule has 0 bridgehead atoms. The number of aryl methyl sites for hydroxylation is 2. The summed E-state index contributed by atoms with van der Waals surface area (Å²) in [4.78, 5) is 5.57. The van der Waals surface area contributed by atoms with Gasteiger partial charge in [0.15, 0.2) is 0 Å². The summed E-state index contributed by atoms with van der Waals surface area (Å²) >= 11 is 1.80. The van der Waals surface area contributed by atoms with Crippen LogP contribution >= 0.6 is 11.8 Å². The maximum Gasteiger partial charge on any atom is 0.138 e. The van der Waals surface area contributed by atoms with E-state index in [1.165, 1.54) is 10.5 Å². The van der Waals surface area contributed by atoms with Crippen LogP contribution in [0, 0.1) is 6.92 Å². The van der Waals surface area contributed by atoms with Crippen LogP contribution in [0.15, 0.2) is 35.5 Å². The van der Waals surface area contributed by atoms with Crippen LogP contribution in [0.25, 0.3) is 0 Å². The Morgan fingerprint density at radius 2 is 2.05 bits per heavy atom. The number of nitrogens with zero attached hydrogens (tertiary/aromatic N) is 3. The molecule has 1 heterocycles. The van der Waals surface area contributed by atoms with Crippen molar-refractivity contribution < 1.29 is 0 Å². The first-order valence-corrected chi connectivity index (χ1v) is 7.99. The van der Waals surface area contributed by atoms with E-state index in [-0.39, 0.29) is 6.04 Å². The van der Waals surface area contributed by atoms with Gasteiger partial charge in [-0.3, -0.25) is 4.68 Å². The molecule has 0 amide bonds. The van der Waals surface area contributed by atoms with Gasteiger partial charge >= 0.3 is 0 Å². The first kappa shape index (κ1) is 15.1. The van der Waals surface area contributed by atoms with Crippen molar-refractivity contribution in [2.24, 2.45) is 5.73 Å². The molecule has 0 aliphatic rings. The molecule has 0 aliphatic heterocycles. The number of hydrogen-bond acceptors (Lipinski definition) is 4. The zero-order chi connectivity index (χ0) is 14.4. The molecule has 2 rings (SSSR count). The lowest BCUT2D eigenvalue weighted by Crippen LogP contribution is -2.27. The molecule has 2 aromatic rings. The van der Waals surface area contributed by atoms with Gasteiger partial charge in [0.2, 0.25) is 0 Å². The van der Waals surface area contributed by atoms with Crippen molar-refractivity contribution in [2.45, 2.75) is 44.2 Å². The molecule has 108 valence electrons. The minimum Gasteiger partial charge on any atom is -0.327 e. The second-order valence-electron chi connectivity index (χ2n) is 4.99. The summed E-state index contributed by atoms with van der Waals surface area (Å²) in [6, 6.07) is 8.65. The number of aromatic nitrogens is 3. The minimum atomic E-state index is 0.0982. The highest BCUT2D eigenvalue weighted by Crippen LogP contribution is 2.19. The minimum absolute atomic E-state index is 0.0982. The Hall–Kier alpha value is -1.33. The lowest BCUT2D eigenvalue weighted by molar-refractivity contribution is 0.553. The molecule has 1 aromatic carbocycles. The molecular formula is C15H22N4S. The Morgan fingerprint density at radius 3 is 2.75 bits per heavy atom. The van der Waals surface area contributed by atoms with Crippen molar-refractivity contribution in [1.82, 2.24) is 14.8 Å². The fourth-order valence-electron chi connectivity index (χ4n) is 1.98. The Kier molecular flexibility index (Phi) is 5.61. The van der Waals surface area contributed by atoms with Crippen LogP contribution in [0.4, 0.5) is 0 Å². The van der Waals surface area contributed by atoms with Crippen molar-refractivity contribution in [3.05, 3.63) is 42.0 Å². The van der Waals surface area contributed by atoms with Gasteiger partial charge in [0.05, 0.1) is 0 Å². The van der Waals surface area contributed by atoms with E-state index in [9.17, 15) is 0 Å². The van der Waals surface area contributed by atoms with Crippen molar-refractivity contribution in [3.63, 3.8) is 0 Å². The normalized spacial score (nSPS) is 12.6. The molecule has 1 unspecified atom stereocenters. The third-order valence-corrected chi connectivity index (χ3v) is 4.26. The predicted molar refractivity (Wildman–Crippen MR) is 83.9 cm³/mol. The van der Waals surface area contributed by atoms with Gasteiger partial charge in [-0.05, 0) is 25.5 Å². The van der Waals surface area contributed by atoms with Crippen LogP contribution < -0.4 is 5.73 Å². The van der Waals surface area contributed by atoms with E-state index in [0.29, 0.717) is 0 Å². The van der Waals surface area contributed by atoms with Crippen LogP contribution in [-0.4, -0.2) is 26.6 Å². The van der Waals surface area contributed by atoms with E-state index in [0.717, 1.165) is 31.0 Å². The molecule has 0 spiro atoms. The Bertz CT molecular complexity index is 521. The smallest absolute Gasteiger partial charge is 0.138 e. The highest BCUT2D eigenvalue weighted by molar-refractivity contribution is 7.99. The molecule has 0 saturated carbocycles. The summed E-state index contributed by atoms with van der Waals surface area (Å²) in [5.74, 6) is 1.88. The zero-order valence-electron chi connectivity index (χ0n) is 12.1. The second-order valence-corrected chi connectivity index (χ2v) is 6.08. The van der Waals surface area contributed by atoms with Gasteiger partial charge < -0.3 is 5.73 Å². The summed E-state index contributed by atoms with van der Waals surface area (Å²) in [6.07, 6.45) is 3.45.